The van der Waals surface area contributed by atoms with Crippen LogP contribution in [0.2, 0.25) is 0 Å². The molecular weight excluding hydrogens is 629 g/mol. The van der Waals surface area contributed by atoms with Crippen molar-refractivity contribution >= 4 is 50.3 Å². The van der Waals surface area contributed by atoms with Crippen molar-refractivity contribution in [1.29, 1.82) is 0 Å². The van der Waals surface area contributed by atoms with Crippen molar-refractivity contribution in [2.75, 3.05) is 7.11 Å². The van der Waals surface area contributed by atoms with Crippen molar-refractivity contribution < 1.29 is 9.53 Å². The van der Waals surface area contributed by atoms with Crippen molar-refractivity contribution in [3.05, 3.63) is 93.1 Å². The van der Waals surface area contributed by atoms with Gasteiger partial charge in [0.15, 0.2) is 0 Å². The smallest absolute Gasteiger partial charge is 0.309 e. The predicted octanol–water partition coefficient (Wildman–Crippen LogP) is 11.4. The van der Waals surface area contributed by atoms with Crippen molar-refractivity contribution in [3.63, 3.8) is 0 Å². The zero-order valence-corrected chi connectivity index (χ0v) is 32.1. The average Bonchev–Trinajstić information content (AvgIpc) is 3.87. The number of esters is 1. The minimum Gasteiger partial charge on any atom is -0.469 e. The molecule has 0 radical (unpaired) electrons. The van der Waals surface area contributed by atoms with E-state index in [0.717, 1.165) is 113 Å². The number of hydrogen-bond donors (Lipinski definition) is 2. The molecule has 0 saturated heterocycles. The summed E-state index contributed by atoms with van der Waals surface area (Å²) in [6.07, 6.45) is 7.31. The highest BCUT2D eigenvalue weighted by atomic mass is 16.5. The van der Waals surface area contributed by atoms with Crippen LogP contribution in [0.5, 0.6) is 0 Å². The molecule has 0 saturated carbocycles. The number of benzene rings is 1. The van der Waals surface area contributed by atoms with Crippen molar-refractivity contribution in [2.24, 2.45) is 0 Å². The number of carbonyl (C=O) groups is 1. The summed E-state index contributed by atoms with van der Waals surface area (Å²) in [5.41, 5.74) is 21.9. The molecule has 266 valence electrons. The number of fused-ring (bicyclic) bond motifs is 8. The Bertz CT molecular complexity index is 2230. The Labute approximate surface area is 303 Å². The Kier molecular flexibility index (Phi) is 10.8. The minimum absolute atomic E-state index is 0.182. The van der Waals surface area contributed by atoms with E-state index in [4.69, 9.17) is 14.7 Å². The first kappa shape index (κ1) is 36.1. The van der Waals surface area contributed by atoms with E-state index < -0.39 is 0 Å². The van der Waals surface area contributed by atoms with Gasteiger partial charge in [0.25, 0.3) is 0 Å². The van der Waals surface area contributed by atoms with Gasteiger partial charge in [0.1, 0.15) is 0 Å². The molecule has 5 heterocycles. The van der Waals surface area contributed by atoms with E-state index in [1.54, 1.807) is 0 Å². The van der Waals surface area contributed by atoms with Crippen LogP contribution in [0, 0.1) is 0 Å². The van der Waals surface area contributed by atoms with Gasteiger partial charge in [-0.05, 0) is 125 Å². The van der Waals surface area contributed by atoms with Crippen molar-refractivity contribution in [2.45, 2.75) is 113 Å². The summed E-state index contributed by atoms with van der Waals surface area (Å²) in [7, 11) is 1.46. The molecule has 0 aliphatic carbocycles. The summed E-state index contributed by atoms with van der Waals surface area (Å²) >= 11 is 0. The first-order chi connectivity index (χ1) is 24.8. The Hall–Kier alpha value is -4.71. The largest absolute Gasteiger partial charge is 0.469 e. The minimum atomic E-state index is -0.258. The first-order valence-electron chi connectivity index (χ1n) is 19.2. The van der Waals surface area contributed by atoms with Gasteiger partial charge in [-0.3, -0.25) is 4.79 Å². The third-order valence-corrected chi connectivity index (χ3v) is 11.0. The van der Waals surface area contributed by atoms with Crippen LogP contribution >= 0.6 is 0 Å². The number of carbonyl (C=O) groups excluding carboxylic acids is 1. The fourth-order valence-electron chi connectivity index (χ4n) is 8.60. The van der Waals surface area contributed by atoms with Gasteiger partial charge < -0.3 is 14.7 Å². The van der Waals surface area contributed by atoms with E-state index in [0.29, 0.717) is 0 Å². The highest BCUT2D eigenvalue weighted by molar-refractivity contribution is 6.02. The molecule has 2 N–H and O–H groups in total. The normalized spacial score (nSPS) is 13.0. The fourth-order valence-corrected chi connectivity index (χ4v) is 8.60. The third kappa shape index (κ3) is 6.28. The van der Waals surface area contributed by atoms with E-state index in [1.165, 1.54) is 51.7 Å². The fraction of sp³-hybridized carbons (Fsp3) is 0.400. The molecule has 8 bridgehead atoms. The molecule has 0 spiro atoms. The van der Waals surface area contributed by atoms with E-state index in [-0.39, 0.29) is 12.4 Å². The van der Waals surface area contributed by atoms with E-state index in [2.05, 4.69) is 102 Å². The number of aryl methyl sites for hydroxylation is 4. The Morgan fingerprint density at radius 2 is 1.06 bits per heavy atom. The van der Waals surface area contributed by atoms with Gasteiger partial charge in [-0.15, -0.1) is 0 Å². The number of rotatable bonds is 11. The SMILES string of the molecule is CCC1=C(CC)c2cc3[nH]c(c(CC)c3CC)c(-c3ccccc3CC(=O)OC)c3nc(cc4[nH]c(cc1n2)c(CC)c4CC)C(CC)=C3CC. The van der Waals surface area contributed by atoms with Crippen molar-refractivity contribution in [3.8, 4) is 11.1 Å². The second kappa shape index (κ2) is 15.3. The Morgan fingerprint density at radius 3 is 1.57 bits per heavy atom. The molecule has 1 aromatic carbocycles. The van der Waals surface area contributed by atoms with Crippen LogP contribution < -0.4 is 0 Å². The Balaban J connectivity index is 1.93. The summed E-state index contributed by atoms with van der Waals surface area (Å²) in [5.74, 6) is -0.258. The molecule has 0 unspecified atom stereocenters. The van der Waals surface area contributed by atoms with Gasteiger partial charge in [0, 0.05) is 22.1 Å². The standard InChI is InChI=1S/C45H54N4O2/c1-10-27-29(12-3)38-24-40-31(14-5)33(16-7)44(48-40)43(35-21-19-18-20-26(35)22-42(50)51-9)45-34(17-8)32(15-6)41(49-45)25-39-30(13-4)28(11-2)37(47-39)23-36(27)46-38/h18-21,23-25,46,49H,10-17,22H2,1-9H3. The molecule has 6 nitrogen and oxygen atoms in total. The number of methoxy groups -OCH3 is 1. The van der Waals surface area contributed by atoms with Crippen LogP contribution in [0.15, 0.2) is 42.5 Å². The molecule has 2 aliphatic rings. The molecule has 0 atom stereocenters. The lowest BCUT2D eigenvalue weighted by atomic mass is 9.90. The topological polar surface area (TPSA) is 83.7 Å². The van der Waals surface area contributed by atoms with Crippen LogP contribution in [0.25, 0.3) is 55.5 Å². The predicted molar refractivity (Wildman–Crippen MR) is 214 cm³/mol. The lowest BCUT2D eigenvalue weighted by Gasteiger charge is -2.14. The second-order valence-corrected chi connectivity index (χ2v) is 13.5. The van der Waals surface area contributed by atoms with Gasteiger partial charge >= 0.3 is 5.97 Å². The van der Waals surface area contributed by atoms with E-state index in [9.17, 15) is 4.79 Å². The van der Waals surface area contributed by atoms with E-state index in [1.807, 2.05) is 6.07 Å². The van der Waals surface area contributed by atoms with Gasteiger partial charge in [0.2, 0.25) is 0 Å². The van der Waals surface area contributed by atoms with Crippen LogP contribution in [0.1, 0.15) is 132 Å². The number of nitrogens with one attached hydrogen (secondary N) is 2. The highest BCUT2D eigenvalue weighted by Gasteiger charge is 2.27. The zero-order valence-electron chi connectivity index (χ0n) is 32.1. The number of allylic oxidation sites excluding steroid dienone is 4. The van der Waals surface area contributed by atoms with E-state index >= 15 is 0 Å². The van der Waals surface area contributed by atoms with Crippen LogP contribution in [-0.2, 0) is 41.6 Å². The summed E-state index contributed by atoms with van der Waals surface area (Å²) in [6.45, 7) is 17.9. The number of ether oxygens (including phenoxy) is 1. The number of aromatic nitrogens is 4. The maximum absolute atomic E-state index is 12.8. The molecule has 4 aromatic rings. The third-order valence-electron chi connectivity index (χ3n) is 11.0. The van der Waals surface area contributed by atoms with Crippen LogP contribution in [-0.4, -0.2) is 33.0 Å². The highest BCUT2D eigenvalue weighted by Crippen LogP contribution is 2.44. The van der Waals surface area contributed by atoms with Gasteiger partial charge in [0.05, 0.1) is 41.8 Å². The summed E-state index contributed by atoms with van der Waals surface area (Å²) in [6, 6.07) is 15.1. The lowest BCUT2D eigenvalue weighted by molar-refractivity contribution is -0.139. The molecular formula is C45H54N4O2. The maximum Gasteiger partial charge on any atom is 0.309 e. The summed E-state index contributed by atoms with van der Waals surface area (Å²) in [4.78, 5) is 31.6. The molecule has 3 aromatic heterocycles. The van der Waals surface area contributed by atoms with Crippen LogP contribution in [0.3, 0.4) is 0 Å². The molecule has 0 fully saturated rings. The van der Waals surface area contributed by atoms with Crippen molar-refractivity contribution in [1.82, 2.24) is 19.9 Å². The number of nitrogens with zero attached hydrogens (tertiary/aromatic N) is 2. The van der Waals surface area contributed by atoms with Gasteiger partial charge in [-0.25, -0.2) is 9.97 Å². The molecule has 2 aliphatic heterocycles. The second-order valence-electron chi connectivity index (χ2n) is 13.5. The quantitative estimate of drug-likeness (QED) is 0.154. The lowest BCUT2D eigenvalue weighted by Crippen LogP contribution is -2.06. The summed E-state index contributed by atoms with van der Waals surface area (Å²) < 4.78 is 5.19. The molecule has 6 rings (SSSR count). The molecule has 0 amide bonds. The number of hydrogen-bond acceptors (Lipinski definition) is 4. The van der Waals surface area contributed by atoms with Crippen LogP contribution in [0.4, 0.5) is 0 Å². The number of H-pyrrole nitrogens is 2. The number of aromatic amines is 2. The molecule has 6 heteroatoms. The summed E-state index contributed by atoms with van der Waals surface area (Å²) in [5, 5.41) is 0. The maximum atomic E-state index is 12.8. The zero-order chi connectivity index (χ0) is 36.4. The Morgan fingerprint density at radius 1 is 0.588 bits per heavy atom. The molecule has 51 heavy (non-hydrogen) atoms. The monoisotopic (exact) mass is 682 g/mol. The van der Waals surface area contributed by atoms with Gasteiger partial charge in [-0.1, -0.05) is 79.7 Å². The van der Waals surface area contributed by atoms with Gasteiger partial charge in [-0.2, -0.15) is 0 Å². The first-order valence-corrected chi connectivity index (χ1v) is 19.2. The average molecular weight is 683 g/mol.